The second-order valence-corrected chi connectivity index (χ2v) is 4.57. The first kappa shape index (κ1) is 13.2. The van der Waals surface area contributed by atoms with Gasteiger partial charge in [0.25, 0.3) is 0 Å². The van der Waals surface area contributed by atoms with Crippen molar-refractivity contribution in [3.8, 4) is 0 Å². The molecule has 1 aromatic carbocycles. The first-order valence-corrected chi connectivity index (χ1v) is 6.09. The van der Waals surface area contributed by atoms with Gasteiger partial charge in [-0.25, -0.2) is 0 Å². The molecule has 0 aliphatic carbocycles. The van der Waals surface area contributed by atoms with Gasteiger partial charge >= 0.3 is 0 Å². The van der Waals surface area contributed by atoms with Crippen LogP contribution in [0.25, 0.3) is 0 Å². The van der Waals surface area contributed by atoms with Gasteiger partial charge in [0.05, 0.1) is 19.1 Å². The molecule has 0 heterocycles. The standard InChI is InChI=1S/C12H16BrNO2/c1-2-11(8-15)14-12(16)7-9-3-5-10(13)6-4-9/h3-6,11,15H,2,7-8H2,1H3,(H,14,16). The fraction of sp³-hybridized carbons (Fsp3) is 0.417. The van der Waals surface area contributed by atoms with Gasteiger partial charge < -0.3 is 10.4 Å². The third-order valence-corrected chi connectivity index (χ3v) is 2.88. The molecule has 2 N–H and O–H groups in total. The van der Waals surface area contributed by atoms with Crippen molar-refractivity contribution in [2.24, 2.45) is 0 Å². The second kappa shape index (κ2) is 6.66. The lowest BCUT2D eigenvalue weighted by Crippen LogP contribution is -2.37. The van der Waals surface area contributed by atoms with E-state index < -0.39 is 0 Å². The van der Waals surface area contributed by atoms with Crippen LogP contribution in [-0.2, 0) is 11.2 Å². The first-order chi connectivity index (χ1) is 7.65. The molecule has 0 radical (unpaired) electrons. The van der Waals surface area contributed by atoms with Crippen LogP contribution in [0.3, 0.4) is 0 Å². The van der Waals surface area contributed by atoms with Crippen LogP contribution in [0.15, 0.2) is 28.7 Å². The molecule has 0 saturated carbocycles. The van der Waals surface area contributed by atoms with Crippen molar-refractivity contribution in [1.29, 1.82) is 0 Å². The largest absolute Gasteiger partial charge is 0.394 e. The Kier molecular flexibility index (Phi) is 5.49. The summed E-state index contributed by atoms with van der Waals surface area (Å²) >= 11 is 3.34. The van der Waals surface area contributed by atoms with Crippen LogP contribution in [0.4, 0.5) is 0 Å². The van der Waals surface area contributed by atoms with Crippen LogP contribution in [0, 0.1) is 0 Å². The molecular formula is C12H16BrNO2. The number of carbonyl (C=O) groups excluding carboxylic acids is 1. The van der Waals surface area contributed by atoms with Gasteiger partial charge in [0.1, 0.15) is 0 Å². The third-order valence-electron chi connectivity index (χ3n) is 2.36. The van der Waals surface area contributed by atoms with Crippen molar-refractivity contribution in [3.05, 3.63) is 34.3 Å². The predicted molar refractivity (Wildman–Crippen MR) is 67.2 cm³/mol. The van der Waals surface area contributed by atoms with Crippen molar-refractivity contribution in [1.82, 2.24) is 5.32 Å². The van der Waals surface area contributed by atoms with Crippen molar-refractivity contribution in [2.75, 3.05) is 6.61 Å². The predicted octanol–water partition coefficient (Wildman–Crippen LogP) is 1.88. The fourth-order valence-corrected chi connectivity index (χ4v) is 1.61. The topological polar surface area (TPSA) is 49.3 Å². The van der Waals surface area contributed by atoms with Gasteiger partial charge in [-0.05, 0) is 24.1 Å². The molecule has 3 nitrogen and oxygen atoms in total. The Hall–Kier alpha value is -0.870. The summed E-state index contributed by atoms with van der Waals surface area (Å²) in [7, 11) is 0. The van der Waals surface area contributed by atoms with E-state index in [1.165, 1.54) is 0 Å². The summed E-state index contributed by atoms with van der Waals surface area (Å²) in [5.41, 5.74) is 0.966. The van der Waals surface area contributed by atoms with Crippen LogP contribution in [0.5, 0.6) is 0 Å². The van der Waals surface area contributed by atoms with Crippen molar-refractivity contribution >= 4 is 21.8 Å². The zero-order chi connectivity index (χ0) is 12.0. The molecule has 0 bridgehead atoms. The molecule has 1 aromatic rings. The van der Waals surface area contributed by atoms with Gasteiger partial charge in [-0.15, -0.1) is 0 Å². The zero-order valence-corrected chi connectivity index (χ0v) is 10.8. The van der Waals surface area contributed by atoms with E-state index in [0.717, 1.165) is 16.5 Å². The molecule has 0 spiro atoms. The molecule has 88 valence electrons. The Morgan fingerprint density at radius 1 is 1.44 bits per heavy atom. The van der Waals surface area contributed by atoms with E-state index in [9.17, 15) is 4.79 Å². The van der Waals surface area contributed by atoms with E-state index in [2.05, 4.69) is 21.2 Å². The quantitative estimate of drug-likeness (QED) is 0.868. The van der Waals surface area contributed by atoms with E-state index in [0.29, 0.717) is 6.42 Å². The lowest BCUT2D eigenvalue weighted by Gasteiger charge is -2.13. The molecule has 0 fully saturated rings. The van der Waals surface area contributed by atoms with Crippen molar-refractivity contribution in [2.45, 2.75) is 25.8 Å². The lowest BCUT2D eigenvalue weighted by molar-refractivity contribution is -0.121. The number of rotatable bonds is 5. The summed E-state index contributed by atoms with van der Waals surface area (Å²) in [6.45, 7) is 1.92. The molecule has 0 aromatic heterocycles. The Morgan fingerprint density at radius 2 is 2.06 bits per heavy atom. The number of aliphatic hydroxyl groups excluding tert-OH is 1. The van der Waals surface area contributed by atoms with Gasteiger partial charge in [0, 0.05) is 4.47 Å². The Balaban J connectivity index is 2.48. The summed E-state index contributed by atoms with van der Waals surface area (Å²) in [5.74, 6) is -0.0526. The third kappa shape index (κ3) is 4.33. The number of hydrogen-bond donors (Lipinski definition) is 2. The van der Waals surface area contributed by atoms with Crippen LogP contribution in [-0.4, -0.2) is 23.7 Å². The fourth-order valence-electron chi connectivity index (χ4n) is 1.34. The second-order valence-electron chi connectivity index (χ2n) is 3.66. The first-order valence-electron chi connectivity index (χ1n) is 5.30. The molecule has 1 unspecified atom stereocenters. The highest BCUT2D eigenvalue weighted by atomic mass is 79.9. The maximum Gasteiger partial charge on any atom is 0.224 e. The number of aliphatic hydroxyl groups is 1. The van der Waals surface area contributed by atoms with Gasteiger partial charge in [-0.3, -0.25) is 4.79 Å². The number of nitrogens with one attached hydrogen (secondary N) is 1. The summed E-state index contributed by atoms with van der Waals surface area (Å²) < 4.78 is 0.999. The lowest BCUT2D eigenvalue weighted by atomic mass is 10.1. The van der Waals surface area contributed by atoms with E-state index in [1.807, 2.05) is 31.2 Å². The normalized spacial score (nSPS) is 12.2. The molecule has 0 saturated heterocycles. The summed E-state index contributed by atoms with van der Waals surface area (Å²) in [4.78, 5) is 11.6. The minimum atomic E-state index is -0.136. The van der Waals surface area contributed by atoms with Gasteiger partial charge in [0.2, 0.25) is 5.91 Å². The van der Waals surface area contributed by atoms with Crippen LogP contribution < -0.4 is 5.32 Å². The number of carbonyl (C=O) groups is 1. The molecule has 0 aliphatic rings. The minimum Gasteiger partial charge on any atom is -0.394 e. The average molecular weight is 286 g/mol. The SMILES string of the molecule is CCC(CO)NC(=O)Cc1ccc(Br)cc1. The summed E-state index contributed by atoms with van der Waals surface area (Å²) in [5, 5.41) is 11.7. The van der Waals surface area contributed by atoms with E-state index in [-0.39, 0.29) is 18.6 Å². The average Bonchev–Trinajstić information content (AvgIpc) is 2.29. The van der Waals surface area contributed by atoms with E-state index in [4.69, 9.17) is 5.11 Å². The van der Waals surface area contributed by atoms with Gasteiger partial charge in [0.15, 0.2) is 0 Å². The highest BCUT2D eigenvalue weighted by Crippen LogP contribution is 2.10. The maximum atomic E-state index is 11.6. The molecule has 1 atom stereocenters. The van der Waals surface area contributed by atoms with E-state index in [1.54, 1.807) is 0 Å². The van der Waals surface area contributed by atoms with Gasteiger partial charge in [-0.1, -0.05) is 35.0 Å². The molecule has 1 rings (SSSR count). The molecule has 1 amide bonds. The van der Waals surface area contributed by atoms with Crippen molar-refractivity contribution in [3.63, 3.8) is 0 Å². The molecule has 4 heteroatoms. The molecular weight excluding hydrogens is 270 g/mol. The van der Waals surface area contributed by atoms with Crippen LogP contribution >= 0.6 is 15.9 Å². The Bertz CT molecular complexity index is 333. The zero-order valence-electron chi connectivity index (χ0n) is 9.24. The number of benzene rings is 1. The molecule has 16 heavy (non-hydrogen) atoms. The number of halogens is 1. The highest BCUT2D eigenvalue weighted by Gasteiger charge is 2.09. The summed E-state index contributed by atoms with van der Waals surface area (Å²) in [6, 6.07) is 7.49. The summed E-state index contributed by atoms with van der Waals surface area (Å²) in [6.07, 6.45) is 1.09. The Labute approximate surface area is 104 Å². The molecule has 0 aliphatic heterocycles. The van der Waals surface area contributed by atoms with Crippen LogP contribution in [0.1, 0.15) is 18.9 Å². The maximum absolute atomic E-state index is 11.6. The number of amides is 1. The monoisotopic (exact) mass is 285 g/mol. The highest BCUT2D eigenvalue weighted by molar-refractivity contribution is 9.10. The van der Waals surface area contributed by atoms with Crippen molar-refractivity contribution < 1.29 is 9.90 Å². The van der Waals surface area contributed by atoms with Gasteiger partial charge in [-0.2, -0.15) is 0 Å². The number of hydrogen-bond acceptors (Lipinski definition) is 2. The Morgan fingerprint density at radius 3 is 2.56 bits per heavy atom. The smallest absolute Gasteiger partial charge is 0.224 e. The minimum absolute atomic E-state index is 0.0113. The van der Waals surface area contributed by atoms with E-state index >= 15 is 0 Å². The van der Waals surface area contributed by atoms with Crippen LogP contribution in [0.2, 0.25) is 0 Å².